The molecule has 0 atom stereocenters. The number of hydrogen-bond acceptors (Lipinski definition) is 6. The zero-order valence-electron chi connectivity index (χ0n) is 18.7. The van der Waals surface area contributed by atoms with Crippen LogP contribution in [0, 0.1) is 13.8 Å². The summed E-state index contributed by atoms with van der Waals surface area (Å²) in [6.45, 7) is 6.42. The van der Waals surface area contributed by atoms with E-state index in [4.69, 9.17) is 16.3 Å². The van der Waals surface area contributed by atoms with Crippen molar-refractivity contribution in [2.75, 3.05) is 44.2 Å². The lowest BCUT2D eigenvalue weighted by molar-refractivity contribution is -0.133. The minimum Gasteiger partial charge on any atom is -0.482 e. The third kappa shape index (κ3) is 4.32. The lowest BCUT2D eigenvalue weighted by atomic mass is 10.2. The molecule has 33 heavy (non-hydrogen) atoms. The minimum atomic E-state index is -3.73. The van der Waals surface area contributed by atoms with Crippen molar-refractivity contribution in [3.8, 4) is 5.75 Å². The monoisotopic (exact) mass is 495 g/mol. The number of anilines is 1. The zero-order chi connectivity index (χ0) is 23.9. The van der Waals surface area contributed by atoms with E-state index in [2.05, 4.69) is 5.10 Å². The first-order valence-corrected chi connectivity index (χ1v) is 12.5. The highest BCUT2D eigenvalue weighted by Crippen LogP contribution is 2.34. The standard InChI is InChI=1S/C21H26ClN5O5S/c1-4-27-15(3)21(14(2)23-27)33(30,31)25-9-7-24(8-10-25)19(28)12-26-17-11-16(22)5-6-18(17)32-13-20(26)29/h5-6,11H,4,7-10,12-13H2,1-3H3. The van der Waals surface area contributed by atoms with Gasteiger partial charge in [-0.3, -0.25) is 19.2 Å². The fraction of sp³-hybridized carbons (Fsp3) is 0.476. The fourth-order valence-corrected chi connectivity index (χ4v) is 6.21. The van der Waals surface area contributed by atoms with Crippen molar-refractivity contribution >= 4 is 39.1 Å². The van der Waals surface area contributed by atoms with Crippen molar-refractivity contribution in [2.45, 2.75) is 32.2 Å². The van der Waals surface area contributed by atoms with Gasteiger partial charge in [0.2, 0.25) is 15.9 Å². The molecule has 4 rings (SSSR count). The highest BCUT2D eigenvalue weighted by Gasteiger charge is 2.35. The van der Waals surface area contributed by atoms with E-state index < -0.39 is 10.0 Å². The summed E-state index contributed by atoms with van der Waals surface area (Å²) in [4.78, 5) is 28.5. The van der Waals surface area contributed by atoms with Crippen LogP contribution >= 0.6 is 11.6 Å². The lowest BCUT2D eigenvalue weighted by Crippen LogP contribution is -2.53. The maximum atomic E-state index is 13.3. The SMILES string of the molecule is CCn1nc(C)c(S(=O)(=O)N2CCN(C(=O)CN3C(=O)COc4ccc(Cl)cc43)CC2)c1C. The molecule has 2 aliphatic heterocycles. The number of hydrogen-bond donors (Lipinski definition) is 0. The van der Waals surface area contributed by atoms with Crippen LogP contribution in [0.15, 0.2) is 23.1 Å². The zero-order valence-corrected chi connectivity index (χ0v) is 20.3. The van der Waals surface area contributed by atoms with Crippen LogP contribution in [0.5, 0.6) is 5.75 Å². The first-order valence-electron chi connectivity index (χ1n) is 10.7. The Kier molecular flexibility index (Phi) is 6.39. The number of rotatable bonds is 5. The molecule has 0 aliphatic carbocycles. The number of piperazine rings is 1. The first kappa shape index (κ1) is 23.5. The van der Waals surface area contributed by atoms with Crippen LogP contribution in [0.25, 0.3) is 0 Å². The van der Waals surface area contributed by atoms with Crippen molar-refractivity contribution in [3.05, 3.63) is 34.6 Å². The van der Waals surface area contributed by atoms with Crippen LogP contribution in [0.4, 0.5) is 5.69 Å². The van der Waals surface area contributed by atoms with E-state index in [1.54, 1.807) is 41.6 Å². The predicted molar refractivity (Wildman–Crippen MR) is 122 cm³/mol. The Morgan fingerprint density at radius 1 is 1.18 bits per heavy atom. The number of sulfonamides is 1. The van der Waals surface area contributed by atoms with Crippen molar-refractivity contribution in [3.63, 3.8) is 0 Å². The van der Waals surface area contributed by atoms with E-state index in [-0.39, 0.29) is 56.0 Å². The van der Waals surface area contributed by atoms with Gasteiger partial charge in [0.1, 0.15) is 17.2 Å². The number of aromatic nitrogens is 2. The van der Waals surface area contributed by atoms with Gasteiger partial charge in [0, 0.05) is 37.7 Å². The van der Waals surface area contributed by atoms with Crippen LogP contribution in [-0.4, -0.2) is 78.5 Å². The van der Waals surface area contributed by atoms with Gasteiger partial charge in [-0.05, 0) is 39.0 Å². The highest BCUT2D eigenvalue weighted by atomic mass is 35.5. The molecule has 3 heterocycles. The maximum absolute atomic E-state index is 13.3. The molecule has 10 nitrogen and oxygen atoms in total. The second-order valence-corrected chi connectivity index (χ2v) is 10.3. The average Bonchev–Trinajstić information content (AvgIpc) is 3.09. The van der Waals surface area contributed by atoms with Crippen LogP contribution in [0.1, 0.15) is 18.3 Å². The second-order valence-electron chi connectivity index (χ2n) is 7.98. The molecule has 2 aliphatic rings. The Morgan fingerprint density at radius 3 is 2.52 bits per heavy atom. The molecule has 0 bridgehead atoms. The molecule has 0 N–H and O–H groups in total. The van der Waals surface area contributed by atoms with Crippen molar-refractivity contribution < 1.29 is 22.7 Å². The van der Waals surface area contributed by atoms with Gasteiger partial charge in [-0.25, -0.2) is 8.42 Å². The minimum absolute atomic E-state index is 0.155. The van der Waals surface area contributed by atoms with Gasteiger partial charge in [-0.2, -0.15) is 9.40 Å². The Bertz CT molecular complexity index is 1200. The second kappa shape index (κ2) is 8.96. The van der Waals surface area contributed by atoms with E-state index >= 15 is 0 Å². The van der Waals surface area contributed by atoms with Gasteiger partial charge in [-0.1, -0.05) is 11.6 Å². The maximum Gasteiger partial charge on any atom is 0.265 e. The summed E-state index contributed by atoms with van der Waals surface area (Å²) in [6, 6.07) is 4.91. The van der Waals surface area contributed by atoms with Crippen LogP contribution in [0.2, 0.25) is 5.02 Å². The third-order valence-corrected chi connectivity index (χ3v) is 8.35. The van der Waals surface area contributed by atoms with E-state index in [0.717, 1.165) is 0 Å². The number of ether oxygens (including phenoxy) is 1. The number of carbonyl (C=O) groups excluding carboxylic acids is 2. The number of amides is 2. The first-order chi connectivity index (χ1) is 15.6. The summed E-state index contributed by atoms with van der Waals surface area (Å²) >= 11 is 6.06. The van der Waals surface area contributed by atoms with Crippen molar-refractivity contribution in [2.24, 2.45) is 0 Å². The summed E-state index contributed by atoms with van der Waals surface area (Å²) in [7, 11) is -3.73. The molecule has 1 fully saturated rings. The molecule has 1 saturated heterocycles. The number of fused-ring (bicyclic) bond motifs is 1. The summed E-state index contributed by atoms with van der Waals surface area (Å²) in [6.07, 6.45) is 0. The molecule has 1 aromatic heterocycles. The smallest absolute Gasteiger partial charge is 0.265 e. The summed E-state index contributed by atoms with van der Waals surface area (Å²) < 4.78 is 35.0. The Morgan fingerprint density at radius 2 is 1.88 bits per heavy atom. The quantitative estimate of drug-likeness (QED) is 0.621. The van der Waals surface area contributed by atoms with Gasteiger partial charge in [0.05, 0.1) is 17.1 Å². The molecule has 0 saturated carbocycles. The normalized spacial score (nSPS) is 17.2. The molecule has 12 heteroatoms. The number of aryl methyl sites for hydroxylation is 2. The number of nitrogens with zero attached hydrogens (tertiary/aromatic N) is 5. The summed E-state index contributed by atoms with van der Waals surface area (Å²) in [5.74, 6) is -0.112. The Hall–Kier alpha value is -2.63. The molecule has 178 valence electrons. The molecule has 2 amide bonds. The van der Waals surface area contributed by atoms with Gasteiger partial charge in [-0.15, -0.1) is 0 Å². The predicted octanol–water partition coefficient (Wildman–Crippen LogP) is 1.43. The largest absolute Gasteiger partial charge is 0.482 e. The molecule has 2 aromatic rings. The number of benzene rings is 1. The van der Waals surface area contributed by atoms with E-state index in [9.17, 15) is 18.0 Å². The molecular weight excluding hydrogens is 470 g/mol. The van der Waals surface area contributed by atoms with Gasteiger partial charge in [0.15, 0.2) is 6.61 Å². The summed E-state index contributed by atoms with van der Waals surface area (Å²) in [5, 5.41) is 4.75. The van der Waals surface area contributed by atoms with E-state index in [1.165, 1.54) is 9.21 Å². The lowest BCUT2D eigenvalue weighted by Gasteiger charge is -2.36. The topological polar surface area (TPSA) is 105 Å². The van der Waals surface area contributed by atoms with E-state index in [0.29, 0.717) is 34.4 Å². The van der Waals surface area contributed by atoms with Crippen molar-refractivity contribution in [1.29, 1.82) is 0 Å². The molecule has 1 aromatic carbocycles. The molecular formula is C21H26ClN5O5S. The third-order valence-electron chi connectivity index (χ3n) is 5.96. The van der Waals surface area contributed by atoms with E-state index in [1.807, 2.05) is 6.92 Å². The highest BCUT2D eigenvalue weighted by molar-refractivity contribution is 7.89. The van der Waals surface area contributed by atoms with Gasteiger partial charge < -0.3 is 9.64 Å². The fourth-order valence-electron chi connectivity index (χ4n) is 4.25. The Labute approximate surface area is 197 Å². The van der Waals surface area contributed by atoms with Crippen molar-refractivity contribution in [1.82, 2.24) is 19.0 Å². The van der Waals surface area contributed by atoms with Crippen LogP contribution < -0.4 is 9.64 Å². The summed E-state index contributed by atoms with van der Waals surface area (Å²) in [5.41, 5.74) is 1.53. The molecule has 0 radical (unpaired) electrons. The van der Waals surface area contributed by atoms with Gasteiger partial charge >= 0.3 is 0 Å². The molecule has 0 unspecified atom stereocenters. The van der Waals surface area contributed by atoms with Crippen LogP contribution in [0.3, 0.4) is 0 Å². The average molecular weight is 496 g/mol. The number of carbonyl (C=O) groups is 2. The van der Waals surface area contributed by atoms with Crippen LogP contribution in [-0.2, 0) is 26.2 Å². The number of halogens is 1. The molecule has 0 spiro atoms. The Balaban J connectivity index is 1.45. The van der Waals surface area contributed by atoms with Gasteiger partial charge in [0.25, 0.3) is 5.91 Å².